The van der Waals surface area contributed by atoms with E-state index in [2.05, 4.69) is 35.8 Å². The Morgan fingerprint density at radius 3 is 2.52 bits per heavy atom. The molecule has 0 spiro atoms. The number of aliphatic hydroxyl groups excluding tert-OH is 1. The van der Waals surface area contributed by atoms with E-state index in [0.29, 0.717) is 36.8 Å². The van der Waals surface area contributed by atoms with Crippen LogP contribution in [0.25, 0.3) is 27.8 Å². The number of hydrogen-bond donors (Lipinski definition) is 2. The number of alkyl halides is 1. The number of aromatic nitrogens is 3. The lowest BCUT2D eigenvalue weighted by Crippen LogP contribution is -2.50. The van der Waals surface area contributed by atoms with Gasteiger partial charge in [-0.25, -0.2) is 8.91 Å². The molecule has 3 aromatic heterocycles. The summed E-state index contributed by atoms with van der Waals surface area (Å²) in [5, 5.41) is 15.9. The molecule has 4 aromatic rings. The van der Waals surface area contributed by atoms with E-state index < -0.39 is 6.17 Å². The van der Waals surface area contributed by atoms with Crippen molar-refractivity contribution in [3.05, 3.63) is 59.3 Å². The zero-order valence-corrected chi connectivity index (χ0v) is 26.4. The molecule has 2 saturated carbocycles. The van der Waals surface area contributed by atoms with Crippen LogP contribution in [0.4, 0.5) is 4.39 Å². The van der Waals surface area contributed by atoms with E-state index in [-0.39, 0.29) is 42.8 Å². The minimum Gasteiger partial charge on any atom is -0.393 e. The molecule has 4 fully saturated rings. The molecule has 0 radical (unpaired) electrons. The largest absolute Gasteiger partial charge is 0.393 e. The van der Waals surface area contributed by atoms with Gasteiger partial charge >= 0.3 is 0 Å². The molecule has 10 heteroatoms. The molecular formula is C36H43FN6O3. The number of nitrogens with zero attached hydrogens (tertiary/aromatic N) is 5. The Labute approximate surface area is 268 Å². The number of pyridine rings is 1. The van der Waals surface area contributed by atoms with Gasteiger partial charge in [0, 0.05) is 55.3 Å². The van der Waals surface area contributed by atoms with Crippen LogP contribution in [-0.4, -0.2) is 85.4 Å². The minimum absolute atomic E-state index is 0.0123. The van der Waals surface area contributed by atoms with Crippen molar-refractivity contribution in [1.82, 2.24) is 24.0 Å². The van der Waals surface area contributed by atoms with Gasteiger partial charge in [-0.1, -0.05) is 18.2 Å². The van der Waals surface area contributed by atoms with Gasteiger partial charge in [0.25, 0.3) is 5.91 Å². The van der Waals surface area contributed by atoms with Crippen LogP contribution in [0.1, 0.15) is 72.3 Å². The highest BCUT2D eigenvalue weighted by atomic mass is 19.1. The van der Waals surface area contributed by atoms with E-state index in [4.69, 9.17) is 10.8 Å². The number of hydrogen-bond acceptors (Lipinski definition) is 5. The number of aliphatic hydroxyl groups is 1. The maximum atomic E-state index is 14.2. The number of nitrogens with two attached hydrogens (primary N) is 1. The van der Waals surface area contributed by atoms with E-state index in [0.717, 1.165) is 54.9 Å². The van der Waals surface area contributed by atoms with Crippen LogP contribution in [0.5, 0.6) is 0 Å². The normalized spacial score (nSPS) is 25.7. The van der Waals surface area contributed by atoms with Crippen LogP contribution in [0, 0.1) is 18.8 Å². The van der Waals surface area contributed by atoms with Crippen molar-refractivity contribution < 1.29 is 19.1 Å². The van der Waals surface area contributed by atoms with Gasteiger partial charge in [0.1, 0.15) is 11.9 Å². The van der Waals surface area contributed by atoms with Crippen molar-refractivity contribution in [3.63, 3.8) is 0 Å². The fourth-order valence-corrected chi connectivity index (χ4v) is 8.05. The lowest BCUT2D eigenvalue weighted by atomic mass is 9.80. The van der Waals surface area contributed by atoms with Gasteiger partial charge in [-0.2, -0.15) is 5.10 Å². The molecule has 5 heterocycles. The summed E-state index contributed by atoms with van der Waals surface area (Å²) >= 11 is 0. The molecule has 2 aliphatic carbocycles. The summed E-state index contributed by atoms with van der Waals surface area (Å²) in [6.07, 6.45) is 6.14. The Morgan fingerprint density at radius 2 is 1.80 bits per heavy atom. The first-order valence-corrected chi connectivity index (χ1v) is 17.0. The van der Waals surface area contributed by atoms with E-state index in [1.54, 1.807) is 10.7 Å². The molecule has 2 atom stereocenters. The minimum atomic E-state index is -1.11. The summed E-state index contributed by atoms with van der Waals surface area (Å²) in [5.41, 5.74) is 13.1. The van der Waals surface area contributed by atoms with Gasteiger partial charge in [0.15, 0.2) is 0 Å². The first-order chi connectivity index (χ1) is 22.2. The number of benzene rings is 1. The molecule has 2 saturated heterocycles. The second-order valence-corrected chi connectivity index (χ2v) is 14.3. The number of aryl methyl sites for hydroxylation is 1. The number of rotatable bonds is 6. The van der Waals surface area contributed by atoms with Crippen LogP contribution in [0.3, 0.4) is 0 Å². The third kappa shape index (κ3) is 5.29. The third-order valence-corrected chi connectivity index (χ3v) is 10.9. The first kappa shape index (κ1) is 29.6. The van der Waals surface area contributed by atoms with Gasteiger partial charge < -0.3 is 25.2 Å². The highest BCUT2D eigenvalue weighted by Crippen LogP contribution is 2.41. The van der Waals surface area contributed by atoms with Crippen molar-refractivity contribution in [2.24, 2.45) is 17.6 Å². The summed E-state index contributed by atoms with van der Waals surface area (Å²) in [4.78, 5) is 29.8. The summed E-state index contributed by atoms with van der Waals surface area (Å²) in [5.74, 6) is 0.987. The molecule has 4 aliphatic rings. The Kier molecular flexibility index (Phi) is 7.40. The van der Waals surface area contributed by atoms with E-state index in [1.165, 1.54) is 34.2 Å². The van der Waals surface area contributed by atoms with Crippen molar-refractivity contribution >= 4 is 28.2 Å². The number of piperidine rings is 2. The number of halogens is 1. The fourth-order valence-electron chi connectivity index (χ4n) is 8.05. The van der Waals surface area contributed by atoms with Crippen LogP contribution in [0.2, 0.25) is 0 Å². The highest BCUT2D eigenvalue weighted by molar-refractivity contribution is 5.95. The van der Waals surface area contributed by atoms with Crippen LogP contribution in [-0.2, 0) is 11.3 Å². The standard InChI is InChI=1S/C36H43FN6O3/c1-21-31-8-7-25(35(45)41-19-27(37)16-28(38)20-41)18-43(31)39-33(21)32-15-24-3-2-4-30(34(24)42(32)17-22-5-6-22)23-9-11-40(12-10-23)36(46)26-13-29(44)14-26/h2-4,7-8,15,18,22-23,26-29,44H,5-6,9-14,16-17,19-20,38H2,1H3/t26?,27-,28-,29?/m1/s1. The number of likely N-dealkylation sites (tertiary alicyclic amines) is 2. The van der Waals surface area contributed by atoms with E-state index >= 15 is 0 Å². The molecule has 2 aliphatic heterocycles. The van der Waals surface area contributed by atoms with Gasteiger partial charge in [-0.3, -0.25) is 9.59 Å². The lowest BCUT2D eigenvalue weighted by Gasteiger charge is -2.38. The summed E-state index contributed by atoms with van der Waals surface area (Å²) in [6.45, 7) is 4.95. The van der Waals surface area contributed by atoms with Gasteiger partial charge in [0.2, 0.25) is 5.91 Å². The predicted molar refractivity (Wildman–Crippen MR) is 174 cm³/mol. The maximum Gasteiger partial charge on any atom is 0.255 e. The number of carbonyl (C=O) groups is 2. The van der Waals surface area contributed by atoms with E-state index in [1.807, 2.05) is 17.0 Å². The number of amides is 2. The van der Waals surface area contributed by atoms with Crippen LogP contribution < -0.4 is 5.73 Å². The molecular weight excluding hydrogens is 583 g/mol. The van der Waals surface area contributed by atoms with Crippen molar-refractivity contribution in [1.29, 1.82) is 0 Å². The zero-order valence-electron chi connectivity index (χ0n) is 26.4. The number of carbonyl (C=O) groups excluding carboxylic acids is 2. The first-order valence-electron chi connectivity index (χ1n) is 17.0. The zero-order chi connectivity index (χ0) is 31.7. The SMILES string of the molecule is Cc1c(-c2cc3cccc(C4CCN(C(=O)C5CC(O)C5)CC4)c3n2CC2CC2)nn2cc(C(=O)N3C[C@H](N)C[C@@H](F)C3)ccc12. The topological polar surface area (TPSA) is 109 Å². The Morgan fingerprint density at radius 1 is 1.02 bits per heavy atom. The number of fused-ring (bicyclic) bond motifs is 2. The number of para-hydroxylation sites is 1. The fraction of sp³-hybridized carbons (Fsp3) is 0.528. The molecule has 46 heavy (non-hydrogen) atoms. The average Bonchev–Trinajstić information content (AvgIpc) is 3.70. The molecule has 2 amide bonds. The molecule has 242 valence electrons. The summed E-state index contributed by atoms with van der Waals surface area (Å²) < 4.78 is 18.5. The van der Waals surface area contributed by atoms with E-state index in [9.17, 15) is 19.1 Å². The van der Waals surface area contributed by atoms with Gasteiger partial charge in [0.05, 0.1) is 34.9 Å². The van der Waals surface area contributed by atoms with Crippen molar-refractivity contribution in [2.75, 3.05) is 26.2 Å². The molecule has 1 aromatic carbocycles. The summed E-state index contributed by atoms with van der Waals surface area (Å²) in [7, 11) is 0. The van der Waals surface area contributed by atoms with Gasteiger partial charge in [-0.05, 0) is 87.5 Å². The average molecular weight is 627 g/mol. The van der Waals surface area contributed by atoms with Crippen LogP contribution >= 0.6 is 0 Å². The highest BCUT2D eigenvalue weighted by Gasteiger charge is 2.37. The maximum absolute atomic E-state index is 14.2. The predicted octanol–water partition coefficient (Wildman–Crippen LogP) is 4.66. The van der Waals surface area contributed by atoms with Crippen molar-refractivity contribution in [2.45, 2.75) is 82.6 Å². The Hall–Kier alpha value is -3.76. The molecule has 9 nitrogen and oxygen atoms in total. The molecule has 0 unspecified atom stereocenters. The third-order valence-electron chi connectivity index (χ3n) is 10.9. The monoisotopic (exact) mass is 626 g/mol. The molecule has 0 bridgehead atoms. The van der Waals surface area contributed by atoms with Gasteiger partial charge in [-0.15, -0.1) is 0 Å². The smallest absolute Gasteiger partial charge is 0.255 e. The quantitative estimate of drug-likeness (QED) is 0.324. The van der Waals surface area contributed by atoms with Crippen LogP contribution in [0.15, 0.2) is 42.6 Å². The Balaban J connectivity index is 1.11. The summed E-state index contributed by atoms with van der Waals surface area (Å²) in [6, 6.07) is 12.3. The second kappa shape index (κ2) is 11.5. The second-order valence-electron chi connectivity index (χ2n) is 14.3. The Bertz CT molecular complexity index is 1800. The molecule has 3 N–H and O–H groups in total. The van der Waals surface area contributed by atoms with Crippen molar-refractivity contribution in [3.8, 4) is 11.4 Å². The lowest BCUT2D eigenvalue weighted by molar-refractivity contribution is -0.143. The molecule has 8 rings (SSSR count).